The van der Waals surface area contributed by atoms with Gasteiger partial charge in [0.1, 0.15) is 5.75 Å². The molecule has 0 bridgehead atoms. The van der Waals surface area contributed by atoms with Crippen molar-refractivity contribution in [2.45, 2.75) is 13.5 Å². The van der Waals surface area contributed by atoms with Crippen LogP contribution in [0, 0.1) is 0 Å². The third-order valence-corrected chi connectivity index (χ3v) is 4.71. The molecule has 2 rings (SSSR count). The van der Waals surface area contributed by atoms with Gasteiger partial charge in [0.15, 0.2) is 0 Å². The molecule has 0 fully saturated rings. The van der Waals surface area contributed by atoms with Crippen LogP contribution < -0.4 is 10.5 Å². The van der Waals surface area contributed by atoms with E-state index in [0.717, 1.165) is 8.66 Å². The van der Waals surface area contributed by atoms with E-state index in [2.05, 4.69) is 15.9 Å². The lowest BCUT2D eigenvalue weighted by Gasteiger charge is -2.21. The fourth-order valence-corrected chi connectivity index (χ4v) is 3.51. The Morgan fingerprint density at radius 3 is 2.71 bits per heavy atom. The van der Waals surface area contributed by atoms with E-state index < -0.39 is 0 Å². The SMILES string of the molecule is CCN(Cc1ccc(Br)s1)C(=O)c1ccc(N)cc1OC. The van der Waals surface area contributed by atoms with Gasteiger partial charge in [0, 0.05) is 23.2 Å². The fourth-order valence-electron chi connectivity index (χ4n) is 2.01. The molecule has 21 heavy (non-hydrogen) atoms. The summed E-state index contributed by atoms with van der Waals surface area (Å²) in [4.78, 5) is 15.6. The lowest BCUT2D eigenvalue weighted by atomic mass is 10.1. The molecule has 1 aromatic carbocycles. The van der Waals surface area contributed by atoms with E-state index in [-0.39, 0.29) is 5.91 Å². The van der Waals surface area contributed by atoms with Gasteiger partial charge in [-0.3, -0.25) is 4.79 Å². The van der Waals surface area contributed by atoms with E-state index in [0.29, 0.717) is 30.1 Å². The van der Waals surface area contributed by atoms with Crippen molar-refractivity contribution in [3.8, 4) is 5.75 Å². The number of carbonyl (C=O) groups excluding carboxylic acids is 1. The Hall–Kier alpha value is -1.53. The number of ether oxygens (including phenoxy) is 1. The molecule has 0 aliphatic rings. The van der Waals surface area contributed by atoms with Crippen molar-refractivity contribution >= 4 is 38.9 Å². The molecule has 0 radical (unpaired) electrons. The van der Waals surface area contributed by atoms with Crippen LogP contribution in [0.1, 0.15) is 22.2 Å². The summed E-state index contributed by atoms with van der Waals surface area (Å²) < 4.78 is 6.33. The summed E-state index contributed by atoms with van der Waals surface area (Å²) in [5.41, 5.74) is 6.84. The molecule has 1 heterocycles. The monoisotopic (exact) mass is 368 g/mol. The number of anilines is 1. The Morgan fingerprint density at radius 2 is 2.14 bits per heavy atom. The van der Waals surface area contributed by atoms with E-state index in [9.17, 15) is 4.79 Å². The van der Waals surface area contributed by atoms with E-state index in [1.165, 1.54) is 7.11 Å². The molecule has 2 N–H and O–H groups in total. The van der Waals surface area contributed by atoms with E-state index >= 15 is 0 Å². The van der Waals surface area contributed by atoms with Crippen molar-refractivity contribution < 1.29 is 9.53 Å². The summed E-state index contributed by atoms with van der Waals surface area (Å²) >= 11 is 5.07. The van der Waals surface area contributed by atoms with Gasteiger partial charge in [-0.25, -0.2) is 0 Å². The Kier molecular flexibility index (Phi) is 5.25. The summed E-state index contributed by atoms with van der Waals surface area (Å²) in [7, 11) is 1.54. The van der Waals surface area contributed by atoms with E-state index in [1.54, 1.807) is 34.4 Å². The van der Waals surface area contributed by atoms with Gasteiger partial charge in [-0.15, -0.1) is 11.3 Å². The number of methoxy groups -OCH3 is 1. The lowest BCUT2D eigenvalue weighted by Crippen LogP contribution is -2.30. The van der Waals surface area contributed by atoms with Gasteiger partial charge in [-0.05, 0) is 47.1 Å². The number of thiophene rings is 1. The van der Waals surface area contributed by atoms with Crippen LogP contribution in [0.25, 0.3) is 0 Å². The summed E-state index contributed by atoms with van der Waals surface area (Å²) in [5, 5.41) is 0. The molecule has 0 aliphatic heterocycles. The zero-order valence-electron chi connectivity index (χ0n) is 11.9. The molecule has 0 atom stereocenters. The van der Waals surface area contributed by atoms with E-state index in [4.69, 9.17) is 10.5 Å². The number of amides is 1. The van der Waals surface area contributed by atoms with Crippen molar-refractivity contribution in [1.82, 2.24) is 4.90 Å². The smallest absolute Gasteiger partial charge is 0.257 e. The van der Waals surface area contributed by atoms with Crippen LogP contribution in [0.5, 0.6) is 5.75 Å². The average Bonchev–Trinajstić information content (AvgIpc) is 2.89. The number of carbonyl (C=O) groups is 1. The van der Waals surface area contributed by atoms with Gasteiger partial charge < -0.3 is 15.4 Å². The van der Waals surface area contributed by atoms with Crippen LogP contribution in [0.15, 0.2) is 34.1 Å². The second-order valence-corrected chi connectivity index (χ2v) is 7.03. The van der Waals surface area contributed by atoms with Gasteiger partial charge in [-0.2, -0.15) is 0 Å². The van der Waals surface area contributed by atoms with Gasteiger partial charge in [0.05, 0.1) is 23.0 Å². The van der Waals surface area contributed by atoms with Crippen LogP contribution in [0.3, 0.4) is 0 Å². The van der Waals surface area contributed by atoms with Crippen molar-refractivity contribution in [1.29, 1.82) is 0 Å². The molecule has 0 saturated carbocycles. The summed E-state index contributed by atoms with van der Waals surface area (Å²) in [6, 6.07) is 9.10. The highest BCUT2D eigenvalue weighted by Crippen LogP contribution is 2.26. The number of halogens is 1. The molecular weight excluding hydrogens is 352 g/mol. The van der Waals surface area contributed by atoms with Crippen molar-refractivity contribution in [3.05, 3.63) is 44.6 Å². The number of nitrogens with two attached hydrogens (primary N) is 1. The predicted octanol–water partition coefficient (Wildman–Crippen LogP) is 3.76. The van der Waals surface area contributed by atoms with Crippen molar-refractivity contribution in [2.75, 3.05) is 19.4 Å². The highest BCUT2D eigenvalue weighted by Gasteiger charge is 2.19. The maximum absolute atomic E-state index is 12.7. The molecule has 0 aliphatic carbocycles. The average molecular weight is 369 g/mol. The Morgan fingerprint density at radius 1 is 1.38 bits per heavy atom. The first-order valence-corrected chi connectivity index (χ1v) is 8.13. The lowest BCUT2D eigenvalue weighted by molar-refractivity contribution is 0.0751. The van der Waals surface area contributed by atoms with Crippen LogP contribution in [-0.4, -0.2) is 24.5 Å². The van der Waals surface area contributed by atoms with E-state index in [1.807, 2.05) is 19.1 Å². The van der Waals surface area contributed by atoms with Crippen molar-refractivity contribution in [2.24, 2.45) is 0 Å². The molecule has 0 saturated heterocycles. The molecule has 0 unspecified atom stereocenters. The summed E-state index contributed by atoms with van der Waals surface area (Å²) in [6.07, 6.45) is 0. The number of benzene rings is 1. The number of nitrogens with zero attached hydrogens (tertiary/aromatic N) is 1. The maximum atomic E-state index is 12.7. The Bertz CT molecular complexity index is 642. The van der Waals surface area contributed by atoms with Gasteiger partial charge >= 0.3 is 0 Å². The second kappa shape index (κ2) is 6.95. The van der Waals surface area contributed by atoms with Gasteiger partial charge in [0.25, 0.3) is 5.91 Å². The standard InChI is InChI=1S/C15H17BrN2O2S/c1-3-18(9-11-5-7-14(16)21-11)15(19)12-6-4-10(17)8-13(12)20-2/h4-8H,3,9,17H2,1-2H3. The van der Waals surface area contributed by atoms with Crippen LogP contribution in [0.4, 0.5) is 5.69 Å². The first-order valence-electron chi connectivity index (χ1n) is 6.52. The highest BCUT2D eigenvalue weighted by molar-refractivity contribution is 9.11. The van der Waals surface area contributed by atoms with Gasteiger partial charge in [-0.1, -0.05) is 0 Å². The molecule has 4 nitrogen and oxygen atoms in total. The Labute approximate surface area is 136 Å². The normalized spacial score (nSPS) is 10.4. The molecule has 112 valence electrons. The maximum Gasteiger partial charge on any atom is 0.257 e. The number of hydrogen-bond acceptors (Lipinski definition) is 4. The third-order valence-electron chi connectivity index (χ3n) is 3.10. The van der Waals surface area contributed by atoms with Crippen LogP contribution in [0.2, 0.25) is 0 Å². The highest BCUT2D eigenvalue weighted by atomic mass is 79.9. The molecular formula is C15H17BrN2O2S. The molecule has 0 spiro atoms. The number of rotatable bonds is 5. The van der Waals surface area contributed by atoms with Crippen molar-refractivity contribution in [3.63, 3.8) is 0 Å². The number of nitrogen functional groups attached to an aromatic ring is 1. The fraction of sp³-hybridized carbons (Fsp3) is 0.267. The van der Waals surface area contributed by atoms with Gasteiger partial charge in [0.2, 0.25) is 0 Å². The summed E-state index contributed by atoms with van der Waals surface area (Å²) in [5.74, 6) is 0.449. The minimum atomic E-state index is -0.0566. The predicted molar refractivity (Wildman–Crippen MR) is 89.8 cm³/mol. The van der Waals surface area contributed by atoms with Crippen LogP contribution >= 0.6 is 27.3 Å². The zero-order chi connectivity index (χ0) is 15.4. The quantitative estimate of drug-likeness (QED) is 0.817. The Balaban J connectivity index is 2.23. The topological polar surface area (TPSA) is 55.6 Å². The summed E-state index contributed by atoms with van der Waals surface area (Å²) in [6.45, 7) is 3.17. The molecule has 2 aromatic rings. The zero-order valence-corrected chi connectivity index (χ0v) is 14.3. The first kappa shape index (κ1) is 15.9. The largest absolute Gasteiger partial charge is 0.496 e. The third kappa shape index (κ3) is 3.77. The molecule has 1 amide bonds. The number of hydrogen-bond donors (Lipinski definition) is 1. The second-order valence-electron chi connectivity index (χ2n) is 4.48. The minimum Gasteiger partial charge on any atom is -0.496 e. The molecule has 1 aromatic heterocycles. The minimum absolute atomic E-state index is 0.0566. The molecule has 6 heteroatoms. The van der Waals surface area contributed by atoms with Crippen LogP contribution in [-0.2, 0) is 6.54 Å². The first-order chi connectivity index (χ1) is 10.0.